The number of alkyl halides is 3. The maximum absolute atomic E-state index is 12.2. The normalized spacial score (nSPS) is 11.2. The van der Waals surface area contributed by atoms with Gasteiger partial charge in [0.2, 0.25) is 6.54 Å². The first-order valence-electron chi connectivity index (χ1n) is 4.42. The van der Waals surface area contributed by atoms with Crippen LogP contribution in [0.4, 0.5) is 18.9 Å². The van der Waals surface area contributed by atoms with E-state index in [0.29, 0.717) is 5.69 Å². The van der Waals surface area contributed by atoms with Crippen molar-refractivity contribution in [3.8, 4) is 0 Å². The number of nitrogens with zero attached hydrogens (tertiary/aromatic N) is 1. The molecule has 0 aliphatic carbocycles. The summed E-state index contributed by atoms with van der Waals surface area (Å²) in [6, 6.07) is 4.33. The lowest BCUT2D eigenvalue weighted by atomic mass is 10.2. The van der Waals surface area contributed by atoms with E-state index in [-0.39, 0.29) is 13.1 Å². The Morgan fingerprint density at radius 3 is 2.25 bits per heavy atom. The zero-order valence-electron chi connectivity index (χ0n) is 8.12. The predicted octanol–water partition coefficient (Wildman–Crippen LogP) is 2.39. The van der Waals surface area contributed by atoms with Crippen LogP contribution in [0.1, 0.15) is 5.56 Å². The topological polar surface area (TPSA) is 55.2 Å². The van der Waals surface area contributed by atoms with E-state index in [9.17, 15) is 23.3 Å². The third kappa shape index (κ3) is 3.76. The van der Waals surface area contributed by atoms with Crippen LogP contribution in [-0.4, -0.2) is 18.0 Å². The Kier molecular flexibility index (Phi) is 3.70. The van der Waals surface area contributed by atoms with Crippen LogP contribution in [0.3, 0.4) is 0 Å². The minimum absolute atomic E-state index is 0.0817. The summed E-state index contributed by atoms with van der Waals surface area (Å²) in [4.78, 5) is 9.49. The third-order valence-electron chi connectivity index (χ3n) is 1.84. The van der Waals surface area contributed by atoms with Gasteiger partial charge in [0, 0.05) is 10.6 Å². The zero-order chi connectivity index (χ0) is 12.2. The highest BCUT2D eigenvalue weighted by Crippen LogP contribution is 2.29. The van der Waals surface area contributed by atoms with E-state index in [2.05, 4.69) is 5.32 Å². The molecule has 0 bridgehead atoms. The molecular weight excluding hydrogens is 225 g/mol. The highest BCUT2D eigenvalue weighted by atomic mass is 19.4. The number of halogens is 3. The van der Waals surface area contributed by atoms with Crippen molar-refractivity contribution in [1.82, 2.24) is 0 Å². The molecule has 1 N–H and O–H groups in total. The Morgan fingerprint density at radius 2 is 1.81 bits per heavy atom. The minimum Gasteiger partial charge on any atom is -0.378 e. The molecule has 1 aromatic rings. The molecular formula is C9H9F3N2O2. The van der Waals surface area contributed by atoms with Crippen molar-refractivity contribution in [1.29, 1.82) is 0 Å². The Morgan fingerprint density at radius 1 is 1.25 bits per heavy atom. The van der Waals surface area contributed by atoms with Gasteiger partial charge in [0.15, 0.2) is 0 Å². The summed E-state index contributed by atoms with van der Waals surface area (Å²) < 4.78 is 36.5. The molecule has 0 spiro atoms. The van der Waals surface area contributed by atoms with Gasteiger partial charge in [-0.2, -0.15) is 13.2 Å². The van der Waals surface area contributed by atoms with E-state index < -0.39 is 16.7 Å². The van der Waals surface area contributed by atoms with Gasteiger partial charge in [-0.3, -0.25) is 10.1 Å². The fraction of sp³-hybridized carbons (Fsp3) is 0.333. The molecule has 0 heterocycles. The number of benzene rings is 1. The van der Waals surface area contributed by atoms with Gasteiger partial charge in [0.25, 0.3) is 0 Å². The Balaban J connectivity index is 2.55. The monoisotopic (exact) mass is 234 g/mol. The van der Waals surface area contributed by atoms with E-state index in [1.807, 2.05) is 0 Å². The second-order valence-corrected chi connectivity index (χ2v) is 3.06. The SMILES string of the molecule is O=[N+]([O-])CCNc1ccc(C(F)(F)F)cc1. The molecule has 0 radical (unpaired) electrons. The van der Waals surface area contributed by atoms with Crippen molar-refractivity contribution in [2.24, 2.45) is 0 Å². The first-order chi connectivity index (χ1) is 7.39. The highest BCUT2D eigenvalue weighted by molar-refractivity contribution is 5.45. The van der Waals surface area contributed by atoms with Crippen molar-refractivity contribution >= 4 is 5.69 Å². The zero-order valence-corrected chi connectivity index (χ0v) is 8.12. The molecule has 0 saturated heterocycles. The molecule has 1 rings (SSSR count). The van der Waals surface area contributed by atoms with E-state index in [0.717, 1.165) is 12.1 Å². The van der Waals surface area contributed by atoms with Crippen LogP contribution in [0.2, 0.25) is 0 Å². The van der Waals surface area contributed by atoms with Crippen LogP contribution in [0.25, 0.3) is 0 Å². The van der Waals surface area contributed by atoms with Gasteiger partial charge in [-0.05, 0) is 24.3 Å². The molecule has 0 atom stereocenters. The lowest BCUT2D eigenvalue weighted by Gasteiger charge is -2.08. The summed E-state index contributed by atoms with van der Waals surface area (Å²) in [5, 5.41) is 12.6. The molecule has 0 aliphatic heterocycles. The summed E-state index contributed by atoms with van der Waals surface area (Å²) in [5.41, 5.74) is -0.317. The van der Waals surface area contributed by atoms with Crippen LogP contribution in [0.5, 0.6) is 0 Å². The summed E-state index contributed by atoms with van der Waals surface area (Å²) >= 11 is 0. The first-order valence-corrected chi connectivity index (χ1v) is 4.42. The quantitative estimate of drug-likeness (QED) is 0.642. The maximum Gasteiger partial charge on any atom is 0.416 e. The maximum atomic E-state index is 12.2. The Hall–Kier alpha value is -1.79. The van der Waals surface area contributed by atoms with Crippen molar-refractivity contribution < 1.29 is 18.1 Å². The van der Waals surface area contributed by atoms with Gasteiger partial charge < -0.3 is 5.32 Å². The molecule has 7 heteroatoms. The molecule has 16 heavy (non-hydrogen) atoms. The summed E-state index contributed by atoms with van der Waals surface area (Å²) in [5.74, 6) is 0. The van der Waals surface area contributed by atoms with Crippen LogP contribution >= 0.6 is 0 Å². The Bertz CT molecular complexity index is 362. The second-order valence-electron chi connectivity index (χ2n) is 3.06. The summed E-state index contributed by atoms with van der Waals surface area (Å²) in [6.45, 7) is -0.195. The van der Waals surface area contributed by atoms with E-state index in [1.54, 1.807) is 0 Å². The summed E-state index contributed by atoms with van der Waals surface area (Å²) in [6.07, 6.45) is -4.36. The molecule has 1 aromatic carbocycles. The first kappa shape index (κ1) is 12.3. The standard InChI is InChI=1S/C9H9F3N2O2/c10-9(11,12)7-1-3-8(4-2-7)13-5-6-14(15)16/h1-4,13H,5-6H2. The molecule has 4 nitrogen and oxygen atoms in total. The molecule has 0 amide bonds. The van der Waals surface area contributed by atoms with Crippen LogP contribution in [-0.2, 0) is 6.18 Å². The minimum atomic E-state index is -4.36. The van der Waals surface area contributed by atoms with Crippen LogP contribution < -0.4 is 5.32 Å². The fourth-order valence-electron chi connectivity index (χ4n) is 1.07. The number of hydrogen-bond donors (Lipinski definition) is 1. The van der Waals surface area contributed by atoms with Crippen molar-refractivity contribution in [2.45, 2.75) is 6.18 Å². The molecule has 88 valence electrons. The lowest BCUT2D eigenvalue weighted by Crippen LogP contribution is -2.13. The molecule has 0 unspecified atom stereocenters. The molecule has 0 fully saturated rings. The number of rotatable bonds is 4. The predicted molar refractivity (Wildman–Crippen MR) is 51.8 cm³/mol. The van der Waals surface area contributed by atoms with Gasteiger partial charge in [-0.1, -0.05) is 0 Å². The number of nitro groups is 1. The highest BCUT2D eigenvalue weighted by Gasteiger charge is 2.29. The van der Waals surface area contributed by atoms with E-state index in [1.165, 1.54) is 12.1 Å². The number of anilines is 1. The fourth-order valence-corrected chi connectivity index (χ4v) is 1.07. The van der Waals surface area contributed by atoms with E-state index >= 15 is 0 Å². The van der Waals surface area contributed by atoms with Crippen LogP contribution in [0, 0.1) is 10.1 Å². The van der Waals surface area contributed by atoms with Crippen LogP contribution in [0.15, 0.2) is 24.3 Å². The van der Waals surface area contributed by atoms with Crippen molar-refractivity contribution in [3.63, 3.8) is 0 Å². The van der Waals surface area contributed by atoms with Gasteiger partial charge in [-0.25, -0.2) is 0 Å². The van der Waals surface area contributed by atoms with Crippen molar-refractivity contribution in [3.05, 3.63) is 39.9 Å². The largest absolute Gasteiger partial charge is 0.416 e. The molecule has 0 aliphatic rings. The van der Waals surface area contributed by atoms with Gasteiger partial charge in [-0.15, -0.1) is 0 Å². The van der Waals surface area contributed by atoms with Gasteiger partial charge in [0.1, 0.15) is 0 Å². The molecule has 0 saturated carbocycles. The molecule has 0 aromatic heterocycles. The van der Waals surface area contributed by atoms with Gasteiger partial charge >= 0.3 is 6.18 Å². The number of nitrogens with one attached hydrogen (secondary N) is 1. The summed E-state index contributed by atoms with van der Waals surface area (Å²) in [7, 11) is 0. The third-order valence-corrected chi connectivity index (χ3v) is 1.84. The average Bonchev–Trinajstić information content (AvgIpc) is 2.16. The Labute approximate surface area is 89.2 Å². The average molecular weight is 234 g/mol. The lowest BCUT2D eigenvalue weighted by molar-refractivity contribution is -0.476. The second kappa shape index (κ2) is 4.82. The number of hydrogen-bond acceptors (Lipinski definition) is 3. The van der Waals surface area contributed by atoms with Gasteiger partial charge in [0.05, 0.1) is 12.1 Å². The van der Waals surface area contributed by atoms with Crippen molar-refractivity contribution in [2.75, 3.05) is 18.4 Å². The van der Waals surface area contributed by atoms with E-state index in [4.69, 9.17) is 0 Å². The smallest absolute Gasteiger partial charge is 0.378 e.